The molecule has 0 aliphatic heterocycles. The highest BCUT2D eigenvalue weighted by atomic mass is 16.4. The second kappa shape index (κ2) is 15.7. The number of carboxylic acids is 2. The number of guanidine groups is 1. The summed E-state index contributed by atoms with van der Waals surface area (Å²) in [6.07, 6.45) is -0.463. The lowest BCUT2D eigenvalue weighted by Crippen LogP contribution is -2.57. The molecule has 3 amide bonds. The average Bonchev–Trinajstić information content (AvgIpc) is 2.82. The van der Waals surface area contributed by atoms with Gasteiger partial charge in [0.05, 0.1) is 6.04 Å². The van der Waals surface area contributed by atoms with Crippen molar-refractivity contribution in [2.24, 2.45) is 22.2 Å². The minimum Gasteiger partial charge on any atom is -0.481 e. The highest BCUT2D eigenvalue weighted by Crippen LogP contribution is 2.07. The summed E-state index contributed by atoms with van der Waals surface area (Å²) in [6.45, 7) is 1.59. The van der Waals surface area contributed by atoms with Crippen LogP contribution in [0.3, 0.4) is 0 Å². The van der Waals surface area contributed by atoms with E-state index < -0.39 is 60.2 Å². The molecule has 0 aromatic heterocycles. The monoisotopic (exact) mass is 521 g/mol. The van der Waals surface area contributed by atoms with Crippen molar-refractivity contribution in [1.29, 1.82) is 0 Å². The highest BCUT2D eigenvalue weighted by Gasteiger charge is 2.30. The van der Waals surface area contributed by atoms with Gasteiger partial charge >= 0.3 is 11.9 Å². The topological polar surface area (TPSA) is 252 Å². The standard InChI is InChI=1S/C23H35N7O7/c1-13(24)19(33)30-17(12-14-6-3-2-4-7-14)21(35)28-15(8-5-11-27-23(25)26)20(34)29-16(22(36)37)9-10-18(31)32/h2-4,6-7,13,15-17H,5,8-12,24H2,1H3,(H,28,35)(H,29,34)(H,30,33)(H,31,32)(H,36,37)(H4,25,26,27). The number of aliphatic carboxylic acids is 2. The van der Waals surface area contributed by atoms with Crippen molar-refractivity contribution in [3.05, 3.63) is 35.9 Å². The molecular formula is C23H35N7O7. The summed E-state index contributed by atoms with van der Waals surface area (Å²) >= 11 is 0. The molecule has 0 saturated carbocycles. The summed E-state index contributed by atoms with van der Waals surface area (Å²) in [6, 6.07) is 4.15. The summed E-state index contributed by atoms with van der Waals surface area (Å²) < 4.78 is 0. The van der Waals surface area contributed by atoms with Crippen LogP contribution in [0.4, 0.5) is 0 Å². The van der Waals surface area contributed by atoms with E-state index in [4.69, 9.17) is 22.3 Å². The van der Waals surface area contributed by atoms with Gasteiger partial charge in [0.1, 0.15) is 18.1 Å². The van der Waals surface area contributed by atoms with Crippen LogP contribution in [0.15, 0.2) is 35.3 Å². The van der Waals surface area contributed by atoms with Gasteiger partial charge in [0.15, 0.2) is 5.96 Å². The average molecular weight is 522 g/mol. The maximum absolute atomic E-state index is 13.2. The van der Waals surface area contributed by atoms with Crippen molar-refractivity contribution in [3.8, 4) is 0 Å². The van der Waals surface area contributed by atoms with Crippen LogP contribution >= 0.6 is 0 Å². The third-order valence-electron chi connectivity index (χ3n) is 5.17. The first-order chi connectivity index (χ1) is 17.4. The molecule has 11 N–H and O–H groups in total. The third-order valence-corrected chi connectivity index (χ3v) is 5.17. The van der Waals surface area contributed by atoms with Crippen LogP contribution < -0.4 is 33.2 Å². The second-order valence-electron chi connectivity index (χ2n) is 8.38. The molecule has 0 heterocycles. The van der Waals surface area contributed by atoms with E-state index in [0.717, 1.165) is 5.56 Å². The van der Waals surface area contributed by atoms with E-state index in [0.29, 0.717) is 0 Å². The lowest BCUT2D eigenvalue weighted by Gasteiger charge is -2.25. The minimum atomic E-state index is -1.49. The number of rotatable bonds is 16. The Balaban J connectivity index is 3.09. The molecule has 0 bridgehead atoms. The van der Waals surface area contributed by atoms with Gasteiger partial charge in [-0.25, -0.2) is 4.79 Å². The molecule has 0 spiro atoms. The lowest BCUT2D eigenvalue weighted by atomic mass is 10.0. The van der Waals surface area contributed by atoms with Crippen LogP contribution in [-0.4, -0.2) is 76.5 Å². The number of carboxylic acid groups (broad SMARTS) is 2. The number of nitrogens with one attached hydrogen (secondary N) is 3. The van der Waals surface area contributed by atoms with Gasteiger partial charge in [0.25, 0.3) is 0 Å². The molecule has 1 aromatic carbocycles. The van der Waals surface area contributed by atoms with E-state index in [1.165, 1.54) is 6.92 Å². The van der Waals surface area contributed by atoms with E-state index in [1.807, 2.05) is 0 Å². The molecule has 1 rings (SSSR count). The molecule has 0 aliphatic rings. The van der Waals surface area contributed by atoms with Crippen LogP contribution in [0, 0.1) is 0 Å². The highest BCUT2D eigenvalue weighted by molar-refractivity contribution is 5.94. The fourth-order valence-electron chi connectivity index (χ4n) is 3.20. The van der Waals surface area contributed by atoms with Crippen molar-refractivity contribution in [2.75, 3.05) is 6.54 Å². The fourth-order valence-corrected chi connectivity index (χ4v) is 3.20. The molecule has 14 nitrogen and oxygen atoms in total. The summed E-state index contributed by atoms with van der Waals surface area (Å²) in [5.41, 5.74) is 17.0. The largest absolute Gasteiger partial charge is 0.481 e. The van der Waals surface area contributed by atoms with Crippen LogP contribution in [0.2, 0.25) is 0 Å². The normalized spacial score (nSPS) is 13.8. The van der Waals surface area contributed by atoms with Gasteiger partial charge in [-0.1, -0.05) is 30.3 Å². The van der Waals surface area contributed by atoms with Gasteiger partial charge in [0.2, 0.25) is 17.7 Å². The van der Waals surface area contributed by atoms with E-state index in [1.54, 1.807) is 30.3 Å². The molecular weight excluding hydrogens is 486 g/mol. The third kappa shape index (κ3) is 12.4. The summed E-state index contributed by atoms with van der Waals surface area (Å²) in [4.78, 5) is 64.6. The zero-order chi connectivity index (χ0) is 28.0. The molecule has 4 unspecified atom stereocenters. The first kappa shape index (κ1) is 30.8. The Kier molecular flexibility index (Phi) is 13.1. The fraction of sp³-hybridized carbons (Fsp3) is 0.478. The van der Waals surface area contributed by atoms with Gasteiger partial charge < -0.3 is 43.4 Å². The van der Waals surface area contributed by atoms with Crippen molar-refractivity contribution in [2.45, 2.75) is 63.2 Å². The number of hydrogen-bond acceptors (Lipinski definition) is 7. The summed E-state index contributed by atoms with van der Waals surface area (Å²) in [5.74, 6) is -4.93. The van der Waals surface area contributed by atoms with Gasteiger partial charge in [-0.15, -0.1) is 0 Å². The molecule has 0 radical (unpaired) electrons. The van der Waals surface area contributed by atoms with E-state index >= 15 is 0 Å². The number of aliphatic imine (C=N–C) groups is 1. The van der Waals surface area contributed by atoms with E-state index in [-0.39, 0.29) is 38.2 Å². The number of carbonyl (C=O) groups is 5. The molecule has 204 valence electrons. The Morgan fingerprint density at radius 3 is 1.97 bits per heavy atom. The quantitative estimate of drug-likeness (QED) is 0.0676. The predicted octanol–water partition coefficient (Wildman–Crippen LogP) is -1.97. The maximum atomic E-state index is 13.2. The zero-order valence-corrected chi connectivity index (χ0v) is 20.6. The Labute approximate surface area is 214 Å². The van der Waals surface area contributed by atoms with Crippen molar-refractivity contribution >= 4 is 35.6 Å². The molecule has 0 saturated heterocycles. The Morgan fingerprint density at radius 1 is 0.865 bits per heavy atom. The van der Waals surface area contributed by atoms with Crippen molar-refractivity contribution in [3.63, 3.8) is 0 Å². The second-order valence-corrected chi connectivity index (χ2v) is 8.38. The van der Waals surface area contributed by atoms with E-state index in [2.05, 4.69) is 20.9 Å². The first-order valence-corrected chi connectivity index (χ1v) is 11.6. The Hall–Kier alpha value is -4.20. The number of hydrogen-bond donors (Lipinski definition) is 8. The molecule has 14 heteroatoms. The number of benzene rings is 1. The SMILES string of the molecule is CC(N)C(=O)NC(Cc1ccccc1)C(=O)NC(CCCN=C(N)N)C(=O)NC(CCC(=O)O)C(=O)O. The lowest BCUT2D eigenvalue weighted by molar-refractivity contribution is -0.143. The predicted molar refractivity (Wildman–Crippen MR) is 134 cm³/mol. The number of nitrogens with zero attached hydrogens (tertiary/aromatic N) is 1. The van der Waals surface area contributed by atoms with Crippen molar-refractivity contribution in [1.82, 2.24) is 16.0 Å². The Bertz CT molecular complexity index is 965. The molecule has 37 heavy (non-hydrogen) atoms. The van der Waals surface area contributed by atoms with Gasteiger partial charge in [0, 0.05) is 19.4 Å². The minimum absolute atomic E-state index is 0.0267. The molecule has 4 atom stereocenters. The van der Waals surface area contributed by atoms with Gasteiger partial charge in [-0.2, -0.15) is 0 Å². The van der Waals surface area contributed by atoms with Gasteiger partial charge in [-0.3, -0.25) is 24.2 Å². The summed E-state index contributed by atoms with van der Waals surface area (Å²) in [7, 11) is 0. The number of amides is 3. The van der Waals surface area contributed by atoms with Crippen molar-refractivity contribution < 1.29 is 34.2 Å². The first-order valence-electron chi connectivity index (χ1n) is 11.6. The van der Waals surface area contributed by atoms with Crippen LogP contribution in [0.5, 0.6) is 0 Å². The number of nitrogens with two attached hydrogens (primary N) is 3. The van der Waals surface area contributed by atoms with E-state index in [9.17, 15) is 29.1 Å². The van der Waals surface area contributed by atoms with Crippen LogP contribution in [0.1, 0.15) is 38.2 Å². The zero-order valence-electron chi connectivity index (χ0n) is 20.6. The number of carbonyl (C=O) groups excluding carboxylic acids is 3. The summed E-state index contributed by atoms with van der Waals surface area (Å²) in [5, 5.41) is 25.6. The van der Waals surface area contributed by atoms with Gasteiger partial charge in [-0.05, 0) is 31.7 Å². The Morgan fingerprint density at radius 2 is 1.43 bits per heavy atom. The molecule has 0 aliphatic carbocycles. The van der Waals surface area contributed by atoms with Crippen LogP contribution in [0.25, 0.3) is 0 Å². The maximum Gasteiger partial charge on any atom is 0.326 e. The van der Waals surface area contributed by atoms with Crippen LogP contribution in [-0.2, 0) is 30.4 Å². The molecule has 0 fully saturated rings. The molecule has 1 aromatic rings. The smallest absolute Gasteiger partial charge is 0.326 e.